The van der Waals surface area contributed by atoms with Gasteiger partial charge in [-0.1, -0.05) is 280 Å². The number of benzene rings is 13. The zero-order valence-corrected chi connectivity index (χ0v) is 47.6. The Labute approximate surface area is 504 Å². The molecule has 13 aromatic rings. The van der Waals surface area contributed by atoms with E-state index in [1.165, 1.54) is 66.8 Å². The minimum Gasteiger partial charge on any atom is -0.310 e. The van der Waals surface area contributed by atoms with Crippen LogP contribution in [0.1, 0.15) is 55.6 Å². The number of rotatable bonds is 14. The van der Waals surface area contributed by atoms with E-state index < -0.39 is 10.8 Å². The van der Waals surface area contributed by atoms with Crippen molar-refractivity contribution in [1.82, 2.24) is 0 Å². The van der Waals surface area contributed by atoms with E-state index in [0.29, 0.717) is 0 Å². The van der Waals surface area contributed by atoms with Crippen LogP contribution in [0.5, 0.6) is 0 Å². The SMILES string of the molecule is C=Cc1ccc(C2(c3ccccc3)c3ccccc3-c3ccc(N(c4ccccc4)c4ccc(-c5ccc(-c6ccc(N(c7ccccc7)c7ccc8c(c7)C(c7ccccc7)(c7ccc(C=C)cc7)c7ccccc7-8)cc6)cc5)cc4)cc32)cc1. The molecule has 0 spiro atoms. The molecular formula is C84H60N2. The average Bonchev–Trinajstić information content (AvgIpc) is 1.60. The average molecular weight is 1100 g/mol. The van der Waals surface area contributed by atoms with Crippen LogP contribution >= 0.6 is 0 Å². The zero-order chi connectivity index (χ0) is 57.6. The lowest BCUT2D eigenvalue weighted by molar-refractivity contribution is 0.768. The van der Waals surface area contributed by atoms with E-state index in [1.807, 2.05) is 12.2 Å². The molecular weight excluding hydrogens is 1040 g/mol. The molecule has 0 radical (unpaired) electrons. The summed E-state index contributed by atoms with van der Waals surface area (Å²) in [5.74, 6) is 0. The van der Waals surface area contributed by atoms with Gasteiger partial charge in [0.25, 0.3) is 0 Å². The van der Waals surface area contributed by atoms with Crippen molar-refractivity contribution in [3.8, 4) is 44.5 Å². The van der Waals surface area contributed by atoms with Crippen LogP contribution in [0.25, 0.3) is 56.7 Å². The van der Waals surface area contributed by atoms with Crippen molar-refractivity contribution in [3.63, 3.8) is 0 Å². The molecule has 0 aliphatic heterocycles. The molecule has 0 saturated heterocycles. The Kier molecular flexibility index (Phi) is 13.0. The Morgan fingerprint density at radius 1 is 0.221 bits per heavy atom. The smallest absolute Gasteiger partial charge is 0.0714 e. The number of anilines is 6. The number of nitrogens with zero attached hydrogens (tertiary/aromatic N) is 2. The molecule has 0 fully saturated rings. The summed E-state index contributed by atoms with van der Waals surface area (Å²) in [5.41, 5.74) is 27.3. The van der Waals surface area contributed by atoms with Gasteiger partial charge in [-0.3, -0.25) is 0 Å². The quantitative estimate of drug-likeness (QED) is 0.107. The highest BCUT2D eigenvalue weighted by Crippen LogP contribution is 2.59. The highest BCUT2D eigenvalue weighted by atomic mass is 15.1. The van der Waals surface area contributed by atoms with Gasteiger partial charge >= 0.3 is 0 Å². The van der Waals surface area contributed by atoms with Crippen LogP contribution in [-0.2, 0) is 10.8 Å². The Morgan fingerprint density at radius 2 is 0.488 bits per heavy atom. The first-order chi connectivity index (χ1) is 42.5. The molecule has 13 aromatic carbocycles. The van der Waals surface area contributed by atoms with Gasteiger partial charge in [0.15, 0.2) is 0 Å². The Bertz CT molecular complexity index is 4310. The van der Waals surface area contributed by atoms with Gasteiger partial charge in [-0.2, -0.15) is 0 Å². The van der Waals surface area contributed by atoms with Gasteiger partial charge in [0.1, 0.15) is 0 Å². The number of hydrogen-bond donors (Lipinski definition) is 0. The van der Waals surface area contributed by atoms with Crippen LogP contribution in [0, 0.1) is 0 Å². The molecule has 2 heteroatoms. The molecule has 0 amide bonds. The van der Waals surface area contributed by atoms with E-state index in [4.69, 9.17) is 0 Å². The van der Waals surface area contributed by atoms with E-state index in [0.717, 1.165) is 67.5 Å². The Morgan fingerprint density at radius 3 is 0.837 bits per heavy atom. The summed E-state index contributed by atoms with van der Waals surface area (Å²) in [4.78, 5) is 4.78. The lowest BCUT2D eigenvalue weighted by Gasteiger charge is -2.35. The normalized spacial score (nSPS) is 15.2. The molecule has 15 rings (SSSR count). The molecule has 86 heavy (non-hydrogen) atoms. The topological polar surface area (TPSA) is 6.48 Å². The van der Waals surface area contributed by atoms with Crippen LogP contribution in [0.2, 0.25) is 0 Å². The van der Waals surface area contributed by atoms with Crippen LogP contribution in [0.3, 0.4) is 0 Å². The summed E-state index contributed by atoms with van der Waals surface area (Å²) in [5, 5.41) is 0. The summed E-state index contributed by atoms with van der Waals surface area (Å²) in [6, 6.07) is 120. The fourth-order valence-corrected chi connectivity index (χ4v) is 14.0. The fraction of sp³-hybridized carbons (Fsp3) is 0.0238. The number of para-hydroxylation sites is 2. The van der Waals surface area contributed by atoms with Gasteiger partial charge in [-0.25, -0.2) is 0 Å². The third-order valence-corrected chi connectivity index (χ3v) is 18.0. The lowest BCUT2D eigenvalue weighted by Crippen LogP contribution is -2.28. The molecule has 0 N–H and O–H groups in total. The van der Waals surface area contributed by atoms with Gasteiger partial charge in [0, 0.05) is 34.1 Å². The molecule has 0 saturated carbocycles. The van der Waals surface area contributed by atoms with Crippen molar-refractivity contribution < 1.29 is 0 Å². The van der Waals surface area contributed by atoms with E-state index in [1.54, 1.807) is 0 Å². The van der Waals surface area contributed by atoms with Crippen molar-refractivity contribution in [3.05, 3.63) is 396 Å². The summed E-state index contributed by atoms with van der Waals surface area (Å²) in [6.07, 6.45) is 3.84. The molecule has 0 aromatic heterocycles. The van der Waals surface area contributed by atoms with Crippen LogP contribution in [0.4, 0.5) is 34.1 Å². The fourth-order valence-electron chi connectivity index (χ4n) is 14.0. The van der Waals surface area contributed by atoms with Gasteiger partial charge in [-0.05, 0) is 173 Å². The van der Waals surface area contributed by atoms with Crippen LogP contribution in [-0.4, -0.2) is 0 Å². The number of hydrogen-bond acceptors (Lipinski definition) is 2. The van der Waals surface area contributed by atoms with E-state index in [-0.39, 0.29) is 0 Å². The molecule has 406 valence electrons. The van der Waals surface area contributed by atoms with Gasteiger partial charge in [-0.15, -0.1) is 0 Å². The molecule has 0 heterocycles. The predicted octanol–water partition coefficient (Wildman–Crippen LogP) is 22.0. The monoisotopic (exact) mass is 1100 g/mol. The van der Waals surface area contributed by atoms with E-state index in [2.05, 4.69) is 351 Å². The van der Waals surface area contributed by atoms with Crippen molar-refractivity contribution in [2.24, 2.45) is 0 Å². The van der Waals surface area contributed by atoms with Crippen LogP contribution in [0.15, 0.2) is 341 Å². The summed E-state index contributed by atoms with van der Waals surface area (Å²) in [7, 11) is 0. The molecule has 2 unspecified atom stereocenters. The highest BCUT2D eigenvalue weighted by molar-refractivity contribution is 5.92. The third kappa shape index (κ3) is 8.48. The van der Waals surface area contributed by atoms with Gasteiger partial charge < -0.3 is 9.80 Å². The molecule has 2 aliphatic rings. The number of fused-ring (bicyclic) bond motifs is 6. The van der Waals surface area contributed by atoms with Gasteiger partial charge in [0.05, 0.1) is 10.8 Å². The first-order valence-electron chi connectivity index (χ1n) is 29.6. The van der Waals surface area contributed by atoms with E-state index >= 15 is 0 Å². The van der Waals surface area contributed by atoms with Crippen molar-refractivity contribution in [2.75, 3.05) is 9.80 Å². The minimum atomic E-state index is -0.542. The second-order valence-corrected chi connectivity index (χ2v) is 22.4. The predicted molar refractivity (Wildman–Crippen MR) is 361 cm³/mol. The van der Waals surface area contributed by atoms with Crippen molar-refractivity contribution >= 4 is 46.3 Å². The summed E-state index contributed by atoms with van der Waals surface area (Å²) in [6.45, 7) is 8.14. The largest absolute Gasteiger partial charge is 0.310 e. The maximum absolute atomic E-state index is 4.07. The highest BCUT2D eigenvalue weighted by Gasteiger charge is 2.48. The molecule has 2 nitrogen and oxygen atoms in total. The second kappa shape index (κ2) is 21.6. The van der Waals surface area contributed by atoms with Crippen LogP contribution < -0.4 is 9.80 Å². The maximum atomic E-state index is 4.07. The summed E-state index contributed by atoms with van der Waals surface area (Å²) < 4.78 is 0. The molecule has 0 bridgehead atoms. The van der Waals surface area contributed by atoms with Crippen molar-refractivity contribution in [1.29, 1.82) is 0 Å². The van der Waals surface area contributed by atoms with E-state index in [9.17, 15) is 0 Å². The summed E-state index contributed by atoms with van der Waals surface area (Å²) >= 11 is 0. The lowest BCUT2D eigenvalue weighted by atomic mass is 9.67. The second-order valence-electron chi connectivity index (χ2n) is 22.4. The zero-order valence-electron chi connectivity index (χ0n) is 47.6. The standard InChI is InChI=1S/C84H60N2/c1-3-59-33-45-67(46-34-59)83(65-21-9-5-10-22-65)79-31-19-17-29-75(79)77-55-53-73(57-81(77)83)85(69-25-13-7-14-26-69)71-49-41-63(42-50-71)61-37-39-62(40-38-61)64-43-51-72(52-44-64)86(70-27-15-8-16-28-70)74-54-56-78-76-30-18-20-32-80(76)84(82(78)58-74,66-23-11-6-12-24-66)68-47-35-60(4-2)36-48-68/h3-58H,1-2H2. The molecule has 2 aliphatic carbocycles. The first-order valence-corrected chi connectivity index (χ1v) is 29.6. The first kappa shape index (κ1) is 51.8. The van der Waals surface area contributed by atoms with Crippen molar-refractivity contribution in [2.45, 2.75) is 10.8 Å². The molecule has 2 atom stereocenters. The minimum absolute atomic E-state index is 0.542. The third-order valence-electron chi connectivity index (χ3n) is 18.0. The maximum Gasteiger partial charge on any atom is 0.0714 e. The Balaban J connectivity index is 0.753. The Hall–Kier alpha value is -11.1. The van der Waals surface area contributed by atoms with Gasteiger partial charge in [0.2, 0.25) is 0 Å².